The van der Waals surface area contributed by atoms with E-state index in [1.54, 1.807) is 30.5 Å². The molecule has 0 aliphatic heterocycles. The quantitative estimate of drug-likeness (QED) is 0.721. The number of carbonyl (C=O) groups is 1. The van der Waals surface area contributed by atoms with Gasteiger partial charge in [-0.25, -0.2) is 9.37 Å². The van der Waals surface area contributed by atoms with E-state index in [0.29, 0.717) is 18.8 Å². The number of hydrogen-bond acceptors (Lipinski definition) is 3. The normalized spacial score (nSPS) is 10.3. The van der Waals surface area contributed by atoms with Crippen molar-refractivity contribution in [3.05, 3.63) is 95.6 Å². The third-order valence-electron chi connectivity index (χ3n) is 3.70. The summed E-state index contributed by atoms with van der Waals surface area (Å²) in [6, 6.07) is 19.5. The van der Waals surface area contributed by atoms with E-state index in [0.717, 1.165) is 16.8 Å². The first-order valence-electron chi connectivity index (χ1n) is 7.97. The zero-order chi connectivity index (χ0) is 17.5. The zero-order valence-electron chi connectivity index (χ0n) is 13.6. The molecule has 2 N–H and O–H groups in total. The lowest BCUT2D eigenvalue weighted by Crippen LogP contribution is -2.23. The molecule has 1 amide bonds. The maximum atomic E-state index is 12.9. The second-order valence-electron chi connectivity index (χ2n) is 5.58. The molecule has 0 saturated carbocycles. The van der Waals surface area contributed by atoms with Gasteiger partial charge in [0.25, 0.3) is 5.91 Å². The van der Waals surface area contributed by atoms with Crippen molar-refractivity contribution in [1.29, 1.82) is 0 Å². The predicted octanol–water partition coefficient (Wildman–Crippen LogP) is 3.76. The van der Waals surface area contributed by atoms with E-state index >= 15 is 0 Å². The van der Waals surface area contributed by atoms with E-state index in [4.69, 9.17) is 0 Å². The highest BCUT2D eigenvalue weighted by Gasteiger charge is 2.06. The number of carbonyl (C=O) groups excluding carboxylic acids is 1. The Labute approximate surface area is 145 Å². The lowest BCUT2D eigenvalue weighted by molar-refractivity contribution is 0.0946. The topological polar surface area (TPSA) is 54.0 Å². The molecular weight excluding hydrogens is 317 g/mol. The van der Waals surface area contributed by atoms with Crippen LogP contribution in [-0.2, 0) is 13.1 Å². The molecular formula is C20H18FN3O. The van der Waals surface area contributed by atoms with Gasteiger partial charge in [0.15, 0.2) is 0 Å². The van der Waals surface area contributed by atoms with Crippen LogP contribution in [0.25, 0.3) is 0 Å². The molecule has 3 aromatic rings. The summed E-state index contributed by atoms with van der Waals surface area (Å²) in [7, 11) is 0. The van der Waals surface area contributed by atoms with Crippen molar-refractivity contribution < 1.29 is 9.18 Å². The number of rotatable bonds is 6. The van der Waals surface area contributed by atoms with Gasteiger partial charge >= 0.3 is 0 Å². The van der Waals surface area contributed by atoms with Gasteiger partial charge in [-0.05, 0) is 35.4 Å². The van der Waals surface area contributed by atoms with Gasteiger partial charge in [0.1, 0.15) is 11.5 Å². The van der Waals surface area contributed by atoms with Crippen LogP contribution in [0.2, 0.25) is 0 Å². The van der Waals surface area contributed by atoms with Crippen molar-refractivity contribution in [3.8, 4) is 0 Å². The second-order valence-corrected chi connectivity index (χ2v) is 5.58. The molecule has 5 heteroatoms. The second kappa shape index (κ2) is 8.06. The van der Waals surface area contributed by atoms with Crippen LogP contribution in [0.1, 0.15) is 21.6 Å². The number of hydrogen-bond donors (Lipinski definition) is 2. The lowest BCUT2D eigenvalue weighted by atomic mass is 10.2. The summed E-state index contributed by atoms with van der Waals surface area (Å²) in [5, 5.41) is 6.03. The van der Waals surface area contributed by atoms with Gasteiger partial charge in [0.05, 0.1) is 11.9 Å². The average Bonchev–Trinajstić information content (AvgIpc) is 2.67. The van der Waals surface area contributed by atoms with Crippen molar-refractivity contribution in [2.45, 2.75) is 13.1 Å². The number of nitrogens with zero attached hydrogens (tertiary/aromatic N) is 1. The van der Waals surface area contributed by atoms with Crippen LogP contribution in [0.4, 0.5) is 10.1 Å². The molecule has 25 heavy (non-hydrogen) atoms. The molecule has 0 atom stereocenters. The number of aromatic nitrogens is 1. The van der Waals surface area contributed by atoms with E-state index in [-0.39, 0.29) is 11.7 Å². The molecule has 0 bridgehead atoms. The monoisotopic (exact) mass is 335 g/mol. The molecule has 0 fully saturated rings. The maximum Gasteiger partial charge on any atom is 0.270 e. The summed E-state index contributed by atoms with van der Waals surface area (Å²) >= 11 is 0. The molecule has 0 aliphatic rings. The summed E-state index contributed by atoms with van der Waals surface area (Å²) in [4.78, 5) is 16.3. The number of nitrogens with one attached hydrogen (secondary N) is 2. The minimum atomic E-state index is -0.253. The molecule has 0 radical (unpaired) electrons. The lowest BCUT2D eigenvalue weighted by Gasteiger charge is -2.08. The summed E-state index contributed by atoms with van der Waals surface area (Å²) < 4.78 is 12.9. The summed E-state index contributed by atoms with van der Waals surface area (Å²) in [6.45, 7) is 1.02. The van der Waals surface area contributed by atoms with Crippen LogP contribution >= 0.6 is 0 Å². The van der Waals surface area contributed by atoms with E-state index < -0.39 is 0 Å². The van der Waals surface area contributed by atoms with E-state index in [1.807, 2.05) is 30.3 Å². The third kappa shape index (κ3) is 4.88. The average molecular weight is 335 g/mol. The smallest absolute Gasteiger partial charge is 0.270 e. The molecule has 126 valence electrons. The van der Waals surface area contributed by atoms with Crippen LogP contribution in [0, 0.1) is 5.82 Å². The first-order valence-corrected chi connectivity index (χ1v) is 7.97. The highest BCUT2D eigenvalue weighted by molar-refractivity contribution is 5.92. The molecule has 1 aromatic heterocycles. The van der Waals surface area contributed by atoms with Crippen molar-refractivity contribution in [2.75, 3.05) is 5.32 Å². The summed E-state index contributed by atoms with van der Waals surface area (Å²) in [5.41, 5.74) is 3.16. The minimum absolute atomic E-state index is 0.214. The van der Waals surface area contributed by atoms with E-state index in [2.05, 4.69) is 15.6 Å². The Morgan fingerprint density at radius 3 is 2.28 bits per heavy atom. The Morgan fingerprint density at radius 1 is 0.880 bits per heavy atom. The maximum absolute atomic E-state index is 12.9. The van der Waals surface area contributed by atoms with Gasteiger partial charge in [-0.2, -0.15) is 0 Å². The van der Waals surface area contributed by atoms with Crippen molar-refractivity contribution >= 4 is 11.6 Å². The van der Waals surface area contributed by atoms with Crippen molar-refractivity contribution in [3.63, 3.8) is 0 Å². The van der Waals surface area contributed by atoms with Crippen molar-refractivity contribution in [2.24, 2.45) is 0 Å². The Hall–Kier alpha value is -3.21. The fourth-order valence-electron chi connectivity index (χ4n) is 2.31. The Bertz CT molecular complexity index is 818. The molecule has 0 aliphatic carbocycles. The van der Waals surface area contributed by atoms with Gasteiger partial charge in [-0.15, -0.1) is 0 Å². The summed E-state index contributed by atoms with van der Waals surface area (Å²) in [6.07, 6.45) is 1.61. The van der Waals surface area contributed by atoms with Crippen LogP contribution in [-0.4, -0.2) is 10.9 Å². The van der Waals surface area contributed by atoms with Gasteiger partial charge in [-0.1, -0.05) is 42.5 Å². The van der Waals surface area contributed by atoms with Crippen molar-refractivity contribution in [1.82, 2.24) is 10.3 Å². The number of halogens is 1. The molecule has 0 unspecified atom stereocenters. The van der Waals surface area contributed by atoms with Crippen LogP contribution in [0.3, 0.4) is 0 Å². The van der Waals surface area contributed by atoms with Gasteiger partial charge < -0.3 is 10.6 Å². The highest BCUT2D eigenvalue weighted by Crippen LogP contribution is 2.10. The fourth-order valence-corrected chi connectivity index (χ4v) is 2.31. The first-order chi connectivity index (χ1) is 12.2. The number of benzene rings is 2. The Balaban J connectivity index is 1.52. The Kier molecular flexibility index (Phi) is 5.36. The first kappa shape index (κ1) is 16.6. The molecule has 1 heterocycles. The van der Waals surface area contributed by atoms with Gasteiger partial charge in [0, 0.05) is 13.1 Å². The van der Waals surface area contributed by atoms with Crippen LogP contribution in [0.5, 0.6) is 0 Å². The number of pyridine rings is 1. The van der Waals surface area contributed by atoms with E-state index in [1.165, 1.54) is 12.1 Å². The molecule has 0 saturated heterocycles. The number of anilines is 1. The zero-order valence-corrected chi connectivity index (χ0v) is 13.6. The Morgan fingerprint density at radius 2 is 1.60 bits per heavy atom. The van der Waals surface area contributed by atoms with E-state index in [9.17, 15) is 9.18 Å². The third-order valence-corrected chi connectivity index (χ3v) is 3.70. The van der Waals surface area contributed by atoms with Gasteiger partial charge in [0.2, 0.25) is 0 Å². The predicted molar refractivity (Wildman–Crippen MR) is 95.6 cm³/mol. The highest BCUT2D eigenvalue weighted by atomic mass is 19.1. The SMILES string of the molecule is O=C(NCc1ccccc1)c1ccc(NCc2ccc(F)cc2)cn1. The standard InChI is InChI=1S/C20H18FN3O/c21-17-8-6-16(7-9-17)12-22-18-10-11-19(23-14-18)20(25)24-13-15-4-2-1-3-5-15/h1-11,14,22H,12-13H2,(H,24,25). The summed E-state index contributed by atoms with van der Waals surface area (Å²) in [5.74, 6) is -0.467. The molecule has 0 spiro atoms. The largest absolute Gasteiger partial charge is 0.380 e. The molecule has 2 aromatic carbocycles. The van der Waals surface area contributed by atoms with Crippen LogP contribution in [0.15, 0.2) is 72.9 Å². The number of amides is 1. The fraction of sp³-hybridized carbons (Fsp3) is 0.100. The molecule has 4 nitrogen and oxygen atoms in total. The van der Waals surface area contributed by atoms with Gasteiger partial charge in [-0.3, -0.25) is 4.79 Å². The minimum Gasteiger partial charge on any atom is -0.380 e. The van der Waals surface area contributed by atoms with Crippen LogP contribution < -0.4 is 10.6 Å². The molecule has 3 rings (SSSR count).